The molecule has 98 valence electrons. The number of rotatable bonds is 3. The minimum absolute atomic E-state index is 0.154. The molecule has 1 aromatic heterocycles. The average Bonchev–Trinajstić information content (AvgIpc) is 2.91. The van der Waals surface area contributed by atoms with Crippen molar-refractivity contribution in [2.45, 2.75) is 32.2 Å². The zero-order valence-corrected chi connectivity index (χ0v) is 11.2. The number of carboxylic acids is 1. The van der Waals surface area contributed by atoms with Gasteiger partial charge in [0.2, 0.25) is 0 Å². The molecule has 1 fully saturated rings. The van der Waals surface area contributed by atoms with Crippen molar-refractivity contribution in [3.8, 4) is 0 Å². The standard InChI is InChI=1S/C13H17NO3S/c1-2-9-3-5-14(11(7-9)13(16)17)12(15)10-4-6-18-8-10/h4,6,8-9,11H,2-3,5,7H2,1H3,(H,16,17). The molecular formula is C13H17NO3S. The molecule has 1 amide bonds. The van der Waals surface area contributed by atoms with Crippen LogP contribution in [0.3, 0.4) is 0 Å². The van der Waals surface area contributed by atoms with Gasteiger partial charge in [-0.1, -0.05) is 13.3 Å². The smallest absolute Gasteiger partial charge is 0.326 e. The van der Waals surface area contributed by atoms with Crippen LogP contribution in [0.15, 0.2) is 16.8 Å². The summed E-state index contributed by atoms with van der Waals surface area (Å²) in [6.45, 7) is 2.62. The third-order valence-corrected chi connectivity index (χ3v) is 4.29. The number of likely N-dealkylation sites (tertiary alicyclic amines) is 1. The van der Waals surface area contributed by atoms with E-state index in [1.165, 1.54) is 16.2 Å². The lowest BCUT2D eigenvalue weighted by Gasteiger charge is -2.36. The van der Waals surface area contributed by atoms with Gasteiger partial charge >= 0.3 is 5.97 Å². The molecule has 0 spiro atoms. The lowest BCUT2D eigenvalue weighted by atomic mass is 9.88. The van der Waals surface area contributed by atoms with Gasteiger partial charge in [-0.3, -0.25) is 4.79 Å². The Hall–Kier alpha value is -1.36. The zero-order valence-electron chi connectivity index (χ0n) is 10.3. The SMILES string of the molecule is CCC1CCN(C(=O)c2ccsc2)C(C(=O)O)C1. The molecule has 4 nitrogen and oxygen atoms in total. The van der Waals surface area contributed by atoms with Gasteiger partial charge in [-0.05, 0) is 30.2 Å². The van der Waals surface area contributed by atoms with E-state index in [0.29, 0.717) is 24.4 Å². The van der Waals surface area contributed by atoms with Crippen LogP contribution in [-0.2, 0) is 4.79 Å². The van der Waals surface area contributed by atoms with Crippen LogP contribution >= 0.6 is 11.3 Å². The Kier molecular flexibility index (Phi) is 4.01. The van der Waals surface area contributed by atoms with E-state index in [9.17, 15) is 14.7 Å². The molecular weight excluding hydrogens is 250 g/mol. The maximum atomic E-state index is 12.2. The first-order valence-corrected chi connectivity index (χ1v) is 7.13. The largest absolute Gasteiger partial charge is 0.480 e. The van der Waals surface area contributed by atoms with Crippen molar-refractivity contribution in [1.82, 2.24) is 4.90 Å². The van der Waals surface area contributed by atoms with Crippen LogP contribution in [0.4, 0.5) is 0 Å². The molecule has 1 saturated heterocycles. The van der Waals surface area contributed by atoms with E-state index in [1.54, 1.807) is 11.4 Å². The number of piperidine rings is 1. The Labute approximate surface area is 110 Å². The van der Waals surface area contributed by atoms with Crippen LogP contribution in [0.1, 0.15) is 36.5 Å². The maximum Gasteiger partial charge on any atom is 0.326 e. The van der Waals surface area contributed by atoms with Crippen molar-refractivity contribution in [3.05, 3.63) is 22.4 Å². The highest BCUT2D eigenvalue weighted by molar-refractivity contribution is 7.08. The molecule has 0 bridgehead atoms. The van der Waals surface area contributed by atoms with E-state index < -0.39 is 12.0 Å². The lowest BCUT2D eigenvalue weighted by Crippen LogP contribution is -2.50. The summed E-state index contributed by atoms with van der Waals surface area (Å²) in [6, 6.07) is 1.08. The fraction of sp³-hybridized carbons (Fsp3) is 0.538. The number of carbonyl (C=O) groups is 2. The van der Waals surface area contributed by atoms with Crippen molar-refractivity contribution in [3.63, 3.8) is 0 Å². The molecule has 2 rings (SSSR count). The normalized spacial score (nSPS) is 23.9. The molecule has 0 aromatic carbocycles. The molecule has 1 aliphatic rings. The van der Waals surface area contributed by atoms with E-state index in [2.05, 4.69) is 6.92 Å². The molecule has 5 heteroatoms. The maximum absolute atomic E-state index is 12.2. The summed E-state index contributed by atoms with van der Waals surface area (Å²) in [5.41, 5.74) is 0.598. The van der Waals surface area contributed by atoms with Gasteiger partial charge in [-0.15, -0.1) is 0 Å². The molecule has 2 atom stereocenters. The summed E-state index contributed by atoms with van der Waals surface area (Å²) in [4.78, 5) is 25.1. The fourth-order valence-electron chi connectivity index (χ4n) is 2.44. The Balaban J connectivity index is 2.16. The van der Waals surface area contributed by atoms with Crippen LogP contribution < -0.4 is 0 Å². The van der Waals surface area contributed by atoms with Crippen molar-refractivity contribution in [1.29, 1.82) is 0 Å². The third kappa shape index (κ3) is 2.56. The quantitative estimate of drug-likeness (QED) is 0.915. The monoisotopic (exact) mass is 267 g/mol. The third-order valence-electron chi connectivity index (χ3n) is 3.60. The van der Waals surface area contributed by atoms with E-state index >= 15 is 0 Å². The first-order chi connectivity index (χ1) is 8.63. The highest BCUT2D eigenvalue weighted by atomic mass is 32.1. The predicted molar refractivity (Wildman–Crippen MR) is 69.8 cm³/mol. The first kappa shape index (κ1) is 13.1. The second kappa shape index (κ2) is 5.52. The van der Waals surface area contributed by atoms with Gasteiger partial charge in [0.1, 0.15) is 6.04 Å². The summed E-state index contributed by atoms with van der Waals surface area (Å²) in [6.07, 6.45) is 2.45. The van der Waals surface area contributed by atoms with Gasteiger partial charge in [0.15, 0.2) is 0 Å². The van der Waals surface area contributed by atoms with Crippen molar-refractivity contribution >= 4 is 23.2 Å². The van der Waals surface area contributed by atoms with Crippen molar-refractivity contribution in [2.24, 2.45) is 5.92 Å². The van der Waals surface area contributed by atoms with Gasteiger partial charge in [0, 0.05) is 11.9 Å². The van der Waals surface area contributed by atoms with E-state index in [0.717, 1.165) is 12.8 Å². The second-order valence-corrected chi connectivity index (χ2v) is 5.44. The zero-order chi connectivity index (χ0) is 13.1. The molecule has 18 heavy (non-hydrogen) atoms. The van der Waals surface area contributed by atoms with Gasteiger partial charge in [-0.2, -0.15) is 11.3 Å². The highest BCUT2D eigenvalue weighted by Crippen LogP contribution is 2.27. The van der Waals surface area contributed by atoms with Gasteiger partial charge in [-0.25, -0.2) is 4.79 Å². The molecule has 0 aliphatic carbocycles. The summed E-state index contributed by atoms with van der Waals surface area (Å²) < 4.78 is 0. The Morgan fingerprint density at radius 1 is 1.56 bits per heavy atom. The summed E-state index contributed by atoms with van der Waals surface area (Å²) in [7, 11) is 0. The number of aliphatic carboxylic acids is 1. The van der Waals surface area contributed by atoms with E-state index in [-0.39, 0.29) is 5.91 Å². The van der Waals surface area contributed by atoms with E-state index in [1.807, 2.05) is 5.38 Å². The molecule has 2 heterocycles. The number of nitrogens with zero attached hydrogens (tertiary/aromatic N) is 1. The minimum Gasteiger partial charge on any atom is -0.480 e. The Morgan fingerprint density at radius 2 is 2.33 bits per heavy atom. The van der Waals surface area contributed by atoms with Crippen molar-refractivity contribution in [2.75, 3.05) is 6.54 Å². The highest BCUT2D eigenvalue weighted by Gasteiger charge is 2.35. The summed E-state index contributed by atoms with van der Waals surface area (Å²) in [5, 5.41) is 12.9. The number of carboxylic acid groups (broad SMARTS) is 1. The molecule has 1 aliphatic heterocycles. The van der Waals surface area contributed by atoms with E-state index in [4.69, 9.17) is 0 Å². The number of carbonyl (C=O) groups excluding carboxylic acids is 1. The number of amides is 1. The lowest BCUT2D eigenvalue weighted by molar-refractivity contribution is -0.144. The van der Waals surface area contributed by atoms with Crippen LogP contribution in [0, 0.1) is 5.92 Å². The minimum atomic E-state index is -0.892. The average molecular weight is 267 g/mol. The fourth-order valence-corrected chi connectivity index (χ4v) is 3.07. The topological polar surface area (TPSA) is 57.6 Å². The van der Waals surface area contributed by atoms with Crippen LogP contribution in [0.5, 0.6) is 0 Å². The molecule has 0 radical (unpaired) electrons. The predicted octanol–water partition coefficient (Wildman–Crippen LogP) is 2.46. The molecule has 2 unspecified atom stereocenters. The number of hydrogen-bond donors (Lipinski definition) is 1. The van der Waals surface area contributed by atoms with Crippen molar-refractivity contribution < 1.29 is 14.7 Å². The van der Waals surface area contributed by atoms with Gasteiger partial charge in [0.25, 0.3) is 5.91 Å². The van der Waals surface area contributed by atoms with Crippen LogP contribution in [0.2, 0.25) is 0 Å². The number of thiophene rings is 1. The second-order valence-electron chi connectivity index (χ2n) is 4.66. The van der Waals surface area contributed by atoms with Crippen LogP contribution in [0.25, 0.3) is 0 Å². The number of hydrogen-bond acceptors (Lipinski definition) is 3. The van der Waals surface area contributed by atoms with Gasteiger partial charge in [0.05, 0.1) is 5.56 Å². The summed E-state index contributed by atoms with van der Waals surface area (Å²) >= 11 is 1.45. The summed E-state index contributed by atoms with van der Waals surface area (Å²) in [5.74, 6) is -0.632. The van der Waals surface area contributed by atoms with Crippen LogP contribution in [-0.4, -0.2) is 34.5 Å². The molecule has 1 aromatic rings. The molecule has 1 N–H and O–H groups in total. The Bertz CT molecular complexity index is 429. The van der Waals surface area contributed by atoms with Gasteiger partial charge < -0.3 is 10.0 Å². The Morgan fingerprint density at radius 3 is 2.89 bits per heavy atom. The molecule has 0 saturated carbocycles. The first-order valence-electron chi connectivity index (χ1n) is 6.19.